The van der Waals surface area contributed by atoms with Crippen LogP contribution in [-0.2, 0) is 19.8 Å². The number of hydrogen-bond donors (Lipinski definition) is 1. The number of benzene rings is 1. The molecular weight excluding hydrogens is 377 g/mol. The fourth-order valence-corrected chi connectivity index (χ4v) is 3.19. The lowest BCUT2D eigenvalue weighted by Gasteiger charge is -2.34. The van der Waals surface area contributed by atoms with Gasteiger partial charge in [-0.25, -0.2) is 4.79 Å². The Bertz CT molecular complexity index is 886. The summed E-state index contributed by atoms with van der Waals surface area (Å²) in [5.41, 5.74) is -0.396. The van der Waals surface area contributed by atoms with Gasteiger partial charge < -0.3 is 10.0 Å². The maximum absolute atomic E-state index is 12.8. The number of hydrogen-bond acceptors (Lipinski definition) is 4. The monoisotopic (exact) mass is 396 g/mol. The SMILES string of the molecule is Cn1cc(C(=O)N2CCN(Cc3cccc(C(F)(F)F)c3)CC2)c(C(=O)O)n1. The van der Waals surface area contributed by atoms with E-state index in [4.69, 9.17) is 0 Å². The smallest absolute Gasteiger partial charge is 0.416 e. The molecule has 1 saturated heterocycles. The summed E-state index contributed by atoms with van der Waals surface area (Å²) >= 11 is 0. The minimum atomic E-state index is -4.38. The van der Waals surface area contributed by atoms with Crippen molar-refractivity contribution in [2.24, 2.45) is 7.05 Å². The molecular formula is C18H19F3N4O3. The number of rotatable bonds is 4. The van der Waals surface area contributed by atoms with E-state index in [0.717, 1.165) is 12.1 Å². The van der Waals surface area contributed by atoms with Gasteiger partial charge in [-0.3, -0.25) is 14.4 Å². The van der Waals surface area contributed by atoms with Gasteiger partial charge in [0.25, 0.3) is 5.91 Å². The van der Waals surface area contributed by atoms with Gasteiger partial charge in [0.05, 0.1) is 11.1 Å². The lowest BCUT2D eigenvalue weighted by Crippen LogP contribution is -2.48. The van der Waals surface area contributed by atoms with Gasteiger partial charge in [0.1, 0.15) is 0 Å². The first-order valence-electron chi connectivity index (χ1n) is 8.60. The Morgan fingerprint density at radius 3 is 2.46 bits per heavy atom. The molecule has 1 amide bonds. The van der Waals surface area contributed by atoms with Crippen LogP contribution in [0.4, 0.5) is 13.2 Å². The van der Waals surface area contributed by atoms with Crippen LogP contribution in [0.1, 0.15) is 32.0 Å². The minimum Gasteiger partial charge on any atom is -0.476 e. The number of carbonyl (C=O) groups excluding carboxylic acids is 1. The normalized spacial score (nSPS) is 15.6. The molecule has 150 valence electrons. The van der Waals surface area contributed by atoms with Crippen molar-refractivity contribution in [2.45, 2.75) is 12.7 Å². The Morgan fingerprint density at radius 1 is 1.18 bits per heavy atom. The number of carboxylic acids is 1. The molecule has 10 heteroatoms. The number of carbonyl (C=O) groups is 2. The summed E-state index contributed by atoms with van der Waals surface area (Å²) in [5.74, 6) is -1.68. The molecule has 1 aromatic heterocycles. The minimum absolute atomic E-state index is 0.0290. The molecule has 7 nitrogen and oxygen atoms in total. The maximum Gasteiger partial charge on any atom is 0.416 e. The van der Waals surface area contributed by atoms with E-state index >= 15 is 0 Å². The van der Waals surface area contributed by atoms with Gasteiger partial charge in [0, 0.05) is 46.0 Å². The Morgan fingerprint density at radius 2 is 1.86 bits per heavy atom. The molecule has 1 fully saturated rings. The van der Waals surface area contributed by atoms with Crippen LogP contribution in [-0.4, -0.2) is 62.7 Å². The van der Waals surface area contributed by atoms with Crippen LogP contribution in [0.15, 0.2) is 30.5 Å². The van der Waals surface area contributed by atoms with Crippen molar-refractivity contribution in [3.8, 4) is 0 Å². The molecule has 2 aromatic rings. The van der Waals surface area contributed by atoms with Crippen LogP contribution in [0.5, 0.6) is 0 Å². The van der Waals surface area contributed by atoms with Gasteiger partial charge in [-0.1, -0.05) is 18.2 Å². The number of aryl methyl sites for hydroxylation is 1. The molecule has 0 radical (unpaired) electrons. The molecule has 0 unspecified atom stereocenters. The van der Waals surface area contributed by atoms with Crippen molar-refractivity contribution in [3.05, 3.63) is 52.8 Å². The summed E-state index contributed by atoms with van der Waals surface area (Å²) < 4.78 is 39.8. The summed E-state index contributed by atoms with van der Waals surface area (Å²) in [7, 11) is 1.54. The van der Waals surface area contributed by atoms with E-state index < -0.39 is 23.6 Å². The van der Waals surface area contributed by atoms with E-state index in [1.165, 1.54) is 28.9 Å². The second-order valence-electron chi connectivity index (χ2n) is 6.64. The van der Waals surface area contributed by atoms with E-state index in [-0.39, 0.29) is 11.3 Å². The Labute approximate surface area is 159 Å². The zero-order valence-electron chi connectivity index (χ0n) is 15.1. The Hall–Kier alpha value is -2.88. The largest absolute Gasteiger partial charge is 0.476 e. The highest BCUT2D eigenvalue weighted by Crippen LogP contribution is 2.29. The standard InChI is InChI=1S/C18H19F3N4O3/c1-23-11-14(15(22-23)17(27)28)16(26)25-7-5-24(6-8-25)10-12-3-2-4-13(9-12)18(19,20)21/h2-4,9,11H,5-8,10H2,1H3,(H,27,28). The van der Waals surface area contributed by atoms with Crippen LogP contribution in [0, 0.1) is 0 Å². The number of alkyl halides is 3. The number of aromatic carboxylic acids is 1. The molecule has 28 heavy (non-hydrogen) atoms. The van der Waals surface area contributed by atoms with Crippen LogP contribution in [0.3, 0.4) is 0 Å². The molecule has 1 aliphatic rings. The average molecular weight is 396 g/mol. The number of nitrogens with zero attached hydrogens (tertiary/aromatic N) is 4. The first-order valence-corrected chi connectivity index (χ1v) is 8.60. The Kier molecular flexibility index (Phi) is 5.41. The Balaban J connectivity index is 1.62. The highest BCUT2D eigenvalue weighted by atomic mass is 19.4. The lowest BCUT2D eigenvalue weighted by atomic mass is 10.1. The zero-order valence-corrected chi connectivity index (χ0v) is 15.1. The molecule has 0 saturated carbocycles. The fraction of sp³-hybridized carbons (Fsp3) is 0.389. The number of amides is 1. The molecule has 1 aromatic carbocycles. The predicted octanol–water partition coefficient (Wildman–Crippen LogP) is 2.10. The van der Waals surface area contributed by atoms with E-state index in [9.17, 15) is 27.9 Å². The van der Waals surface area contributed by atoms with Gasteiger partial charge >= 0.3 is 12.1 Å². The van der Waals surface area contributed by atoms with Crippen molar-refractivity contribution in [1.82, 2.24) is 19.6 Å². The van der Waals surface area contributed by atoms with Crippen molar-refractivity contribution < 1.29 is 27.9 Å². The second kappa shape index (κ2) is 7.63. The van der Waals surface area contributed by atoms with E-state index in [1.54, 1.807) is 6.07 Å². The molecule has 0 bridgehead atoms. The predicted molar refractivity (Wildman–Crippen MR) is 92.8 cm³/mol. The summed E-state index contributed by atoms with van der Waals surface area (Å²) in [4.78, 5) is 27.4. The number of halogens is 3. The average Bonchev–Trinajstić information content (AvgIpc) is 3.03. The van der Waals surface area contributed by atoms with Crippen molar-refractivity contribution in [3.63, 3.8) is 0 Å². The third kappa shape index (κ3) is 4.33. The summed E-state index contributed by atoms with van der Waals surface area (Å²) in [6.45, 7) is 2.01. The quantitative estimate of drug-likeness (QED) is 0.856. The van der Waals surface area contributed by atoms with Crippen molar-refractivity contribution >= 4 is 11.9 Å². The number of piperazine rings is 1. The fourth-order valence-electron chi connectivity index (χ4n) is 3.19. The van der Waals surface area contributed by atoms with Gasteiger partial charge in [0.15, 0.2) is 5.69 Å². The second-order valence-corrected chi connectivity index (χ2v) is 6.64. The topological polar surface area (TPSA) is 78.7 Å². The maximum atomic E-state index is 12.8. The van der Waals surface area contributed by atoms with E-state index in [1.807, 2.05) is 4.90 Å². The molecule has 2 heterocycles. The van der Waals surface area contributed by atoms with Crippen molar-refractivity contribution in [1.29, 1.82) is 0 Å². The highest BCUT2D eigenvalue weighted by Gasteiger charge is 2.31. The molecule has 1 aliphatic heterocycles. The molecule has 0 spiro atoms. The van der Waals surface area contributed by atoms with Crippen molar-refractivity contribution in [2.75, 3.05) is 26.2 Å². The first kappa shape index (κ1) is 19.9. The van der Waals surface area contributed by atoms with E-state index in [0.29, 0.717) is 38.3 Å². The van der Waals surface area contributed by atoms with Crippen LogP contribution in [0.2, 0.25) is 0 Å². The summed E-state index contributed by atoms with van der Waals surface area (Å²) in [5, 5.41) is 13.0. The van der Waals surface area contributed by atoms with Gasteiger partial charge in [-0.2, -0.15) is 18.3 Å². The molecule has 0 aliphatic carbocycles. The molecule has 3 rings (SSSR count). The van der Waals surface area contributed by atoms with Crippen LogP contribution >= 0.6 is 0 Å². The molecule has 0 atom stereocenters. The number of carboxylic acid groups (broad SMARTS) is 1. The lowest BCUT2D eigenvalue weighted by molar-refractivity contribution is -0.137. The summed E-state index contributed by atoms with van der Waals surface area (Å²) in [6.07, 6.45) is -3.01. The third-order valence-electron chi connectivity index (χ3n) is 4.58. The molecule has 1 N–H and O–H groups in total. The van der Waals surface area contributed by atoms with E-state index in [2.05, 4.69) is 5.10 Å². The van der Waals surface area contributed by atoms with Crippen LogP contribution < -0.4 is 0 Å². The summed E-state index contributed by atoms with van der Waals surface area (Å²) in [6, 6.07) is 5.19. The zero-order chi connectivity index (χ0) is 20.5. The van der Waals surface area contributed by atoms with Crippen LogP contribution in [0.25, 0.3) is 0 Å². The third-order valence-corrected chi connectivity index (χ3v) is 4.58. The van der Waals surface area contributed by atoms with Gasteiger partial charge in [-0.05, 0) is 11.6 Å². The van der Waals surface area contributed by atoms with Gasteiger partial charge in [-0.15, -0.1) is 0 Å². The van der Waals surface area contributed by atoms with Gasteiger partial charge in [0.2, 0.25) is 0 Å². The first-order chi connectivity index (χ1) is 13.1. The highest BCUT2D eigenvalue weighted by molar-refractivity contribution is 6.03. The number of aromatic nitrogens is 2.